The van der Waals surface area contributed by atoms with Crippen molar-refractivity contribution in [3.05, 3.63) is 28.8 Å². The van der Waals surface area contributed by atoms with Crippen LogP contribution in [0, 0.1) is 25.7 Å². The second-order valence-electron chi connectivity index (χ2n) is 5.32. The van der Waals surface area contributed by atoms with Crippen molar-refractivity contribution >= 4 is 0 Å². The zero-order valence-corrected chi connectivity index (χ0v) is 11.5. The molecular formula is C15H23NO. The van der Waals surface area contributed by atoms with E-state index in [0.29, 0.717) is 6.04 Å². The fourth-order valence-corrected chi connectivity index (χ4v) is 2.78. The van der Waals surface area contributed by atoms with Crippen LogP contribution >= 0.6 is 0 Å². The maximum atomic E-state index is 5.37. The normalized spacial score (nSPS) is 24.5. The highest BCUT2D eigenvalue weighted by molar-refractivity contribution is 5.43. The van der Waals surface area contributed by atoms with Crippen LogP contribution in [0.4, 0.5) is 0 Å². The predicted octanol–water partition coefficient (Wildman–Crippen LogP) is 3.23. The molecule has 0 saturated heterocycles. The summed E-state index contributed by atoms with van der Waals surface area (Å²) < 4.78 is 5.37. The Kier molecular flexibility index (Phi) is 3.43. The lowest BCUT2D eigenvalue weighted by Crippen LogP contribution is -2.20. The monoisotopic (exact) mass is 233 g/mol. The lowest BCUT2D eigenvalue weighted by Gasteiger charge is -2.20. The van der Waals surface area contributed by atoms with Gasteiger partial charge in [-0.15, -0.1) is 0 Å². The molecule has 0 amide bonds. The van der Waals surface area contributed by atoms with E-state index in [1.54, 1.807) is 7.11 Å². The zero-order chi connectivity index (χ0) is 12.6. The Morgan fingerprint density at radius 1 is 1.29 bits per heavy atom. The Hall–Kier alpha value is -1.02. The maximum absolute atomic E-state index is 5.37. The molecule has 1 aliphatic carbocycles. The molecular weight excluding hydrogens is 210 g/mol. The van der Waals surface area contributed by atoms with Crippen LogP contribution in [-0.2, 0) is 0 Å². The van der Waals surface area contributed by atoms with Crippen LogP contribution in [0.25, 0.3) is 0 Å². The van der Waals surface area contributed by atoms with Crippen molar-refractivity contribution in [3.63, 3.8) is 0 Å². The summed E-state index contributed by atoms with van der Waals surface area (Å²) in [4.78, 5) is 0. The van der Waals surface area contributed by atoms with E-state index in [1.165, 1.54) is 23.1 Å². The molecule has 0 aromatic heterocycles. The number of methoxy groups -OCH3 is 1. The molecule has 1 aromatic carbocycles. The van der Waals surface area contributed by atoms with E-state index in [0.717, 1.165) is 17.6 Å². The van der Waals surface area contributed by atoms with Gasteiger partial charge < -0.3 is 10.1 Å². The van der Waals surface area contributed by atoms with E-state index in [1.807, 2.05) is 0 Å². The number of aryl methyl sites for hydroxylation is 2. The fraction of sp³-hybridized carbons (Fsp3) is 0.600. The highest BCUT2D eigenvalue weighted by Crippen LogP contribution is 2.47. The molecule has 0 bridgehead atoms. The van der Waals surface area contributed by atoms with Gasteiger partial charge in [0.2, 0.25) is 0 Å². The summed E-state index contributed by atoms with van der Waals surface area (Å²) in [6.45, 7) is 6.63. The summed E-state index contributed by atoms with van der Waals surface area (Å²) in [5.41, 5.74) is 3.98. The van der Waals surface area contributed by atoms with Gasteiger partial charge in [0.05, 0.1) is 7.11 Å². The highest BCUT2D eigenvalue weighted by atomic mass is 16.5. The number of nitrogens with one attached hydrogen (secondary N) is 1. The number of hydrogen-bond donors (Lipinski definition) is 1. The first-order valence-electron chi connectivity index (χ1n) is 6.40. The molecule has 17 heavy (non-hydrogen) atoms. The first-order valence-corrected chi connectivity index (χ1v) is 6.40. The topological polar surface area (TPSA) is 21.3 Å². The van der Waals surface area contributed by atoms with Gasteiger partial charge >= 0.3 is 0 Å². The first kappa shape index (κ1) is 12.4. The fourth-order valence-electron chi connectivity index (χ4n) is 2.78. The third kappa shape index (κ3) is 2.32. The van der Waals surface area contributed by atoms with Gasteiger partial charge in [-0.1, -0.05) is 13.0 Å². The third-order valence-electron chi connectivity index (χ3n) is 4.03. The molecule has 2 heteroatoms. The van der Waals surface area contributed by atoms with Crippen molar-refractivity contribution < 1.29 is 4.74 Å². The van der Waals surface area contributed by atoms with E-state index in [2.05, 4.69) is 45.3 Å². The van der Waals surface area contributed by atoms with Crippen molar-refractivity contribution in [3.8, 4) is 5.75 Å². The average Bonchev–Trinajstić information content (AvgIpc) is 3.01. The lowest BCUT2D eigenvalue weighted by molar-refractivity contribution is 0.410. The minimum Gasteiger partial charge on any atom is -0.496 e. The van der Waals surface area contributed by atoms with Crippen molar-refractivity contribution in [2.24, 2.45) is 11.8 Å². The lowest BCUT2D eigenvalue weighted by atomic mass is 9.94. The summed E-state index contributed by atoms with van der Waals surface area (Å²) in [6.07, 6.45) is 1.34. The molecule has 1 aliphatic rings. The Balaban J connectivity index is 2.34. The van der Waals surface area contributed by atoms with Crippen LogP contribution in [0.15, 0.2) is 12.1 Å². The van der Waals surface area contributed by atoms with Crippen molar-refractivity contribution in [2.45, 2.75) is 33.2 Å². The molecule has 0 heterocycles. The van der Waals surface area contributed by atoms with Crippen molar-refractivity contribution in [2.75, 3.05) is 14.2 Å². The highest BCUT2D eigenvalue weighted by Gasteiger charge is 2.39. The Labute approximate surface area is 104 Å². The van der Waals surface area contributed by atoms with Crippen molar-refractivity contribution in [1.82, 2.24) is 5.32 Å². The zero-order valence-electron chi connectivity index (χ0n) is 11.5. The maximum Gasteiger partial charge on any atom is 0.122 e. The molecule has 1 saturated carbocycles. The summed E-state index contributed by atoms with van der Waals surface area (Å²) in [5, 5.41) is 3.48. The van der Waals surface area contributed by atoms with Gasteiger partial charge in [0.15, 0.2) is 0 Å². The summed E-state index contributed by atoms with van der Waals surface area (Å²) in [5.74, 6) is 2.64. The van der Waals surface area contributed by atoms with Gasteiger partial charge in [0.25, 0.3) is 0 Å². The molecule has 2 nitrogen and oxygen atoms in total. The average molecular weight is 233 g/mol. The van der Waals surface area contributed by atoms with Gasteiger partial charge in [-0.3, -0.25) is 0 Å². The molecule has 0 radical (unpaired) electrons. The Morgan fingerprint density at radius 2 is 1.94 bits per heavy atom. The predicted molar refractivity (Wildman–Crippen MR) is 71.5 cm³/mol. The van der Waals surface area contributed by atoms with Crippen LogP contribution in [0.3, 0.4) is 0 Å². The SMILES string of the molecule is CNC(c1cc(C)c(OC)cc1C)C1CC1C. The number of hydrogen-bond acceptors (Lipinski definition) is 2. The van der Waals surface area contributed by atoms with E-state index in [-0.39, 0.29) is 0 Å². The Morgan fingerprint density at radius 3 is 2.41 bits per heavy atom. The van der Waals surface area contributed by atoms with Crippen LogP contribution < -0.4 is 10.1 Å². The van der Waals surface area contributed by atoms with Crippen LogP contribution in [0.5, 0.6) is 5.75 Å². The molecule has 0 aliphatic heterocycles. The molecule has 1 N–H and O–H groups in total. The summed E-state index contributed by atoms with van der Waals surface area (Å²) in [6, 6.07) is 4.93. The summed E-state index contributed by atoms with van der Waals surface area (Å²) >= 11 is 0. The van der Waals surface area contributed by atoms with E-state index in [9.17, 15) is 0 Å². The van der Waals surface area contributed by atoms with E-state index < -0.39 is 0 Å². The van der Waals surface area contributed by atoms with E-state index >= 15 is 0 Å². The second-order valence-corrected chi connectivity index (χ2v) is 5.32. The molecule has 2 rings (SSSR count). The minimum atomic E-state index is 0.495. The summed E-state index contributed by atoms with van der Waals surface area (Å²) in [7, 11) is 3.80. The van der Waals surface area contributed by atoms with Crippen LogP contribution in [-0.4, -0.2) is 14.2 Å². The van der Waals surface area contributed by atoms with Gasteiger partial charge in [-0.25, -0.2) is 0 Å². The molecule has 1 fully saturated rings. The largest absolute Gasteiger partial charge is 0.496 e. The molecule has 0 spiro atoms. The van der Waals surface area contributed by atoms with Gasteiger partial charge in [-0.2, -0.15) is 0 Å². The third-order valence-corrected chi connectivity index (χ3v) is 4.03. The molecule has 94 valence electrons. The quantitative estimate of drug-likeness (QED) is 0.862. The first-order chi connectivity index (χ1) is 8.08. The number of ether oxygens (including phenoxy) is 1. The minimum absolute atomic E-state index is 0.495. The molecule has 3 unspecified atom stereocenters. The van der Waals surface area contributed by atoms with Crippen LogP contribution in [0.1, 0.15) is 36.1 Å². The molecule has 1 aromatic rings. The van der Waals surface area contributed by atoms with E-state index in [4.69, 9.17) is 4.74 Å². The smallest absolute Gasteiger partial charge is 0.122 e. The second kappa shape index (κ2) is 4.69. The standard InChI is InChI=1S/C15H23NO/c1-9-6-12(9)15(16-4)13-7-11(3)14(17-5)8-10(13)2/h7-9,12,15-16H,6H2,1-5H3. The van der Waals surface area contributed by atoms with Crippen LogP contribution in [0.2, 0.25) is 0 Å². The number of rotatable bonds is 4. The number of benzene rings is 1. The Bertz CT molecular complexity index is 414. The molecule has 3 atom stereocenters. The van der Waals surface area contributed by atoms with Gasteiger partial charge in [0.1, 0.15) is 5.75 Å². The van der Waals surface area contributed by atoms with Gasteiger partial charge in [-0.05, 0) is 61.9 Å². The van der Waals surface area contributed by atoms with Crippen molar-refractivity contribution in [1.29, 1.82) is 0 Å². The van der Waals surface area contributed by atoms with Gasteiger partial charge in [0, 0.05) is 6.04 Å².